The molecule has 1 radical (unpaired) electrons. The molecule has 2 heteroatoms. The Kier molecular flexibility index (Phi) is 5.64. The fourth-order valence-corrected chi connectivity index (χ4v) is 0.982. The third kappa shape index (κ3) is 3.20. The van der Waals surface area contributed by atoms with Gasteiger partial charge in [0.05, 0.1) is 0 Å². The van der Waals surface area contributed by atoms with Crippen LogP contribution in [0.5, 0.6) is 0 Å². The molecule has 0 aromatic rings. The average molecular weight is 332 g/mol. The summed E-state index contributed by atoms with van der Waals surface area (Å²) in [6.45, 7) is 2.27. The molecule has 0 spiro atoms. The molecular weight excluding hydrogens is 321 g/mol. The predicted molar refractivity (Wildman–Crippen MR) is 33.3 cm³/mol. The molecule has 1 heterocycles. The summed E-state index contributed by atoms with van der Waals surface area (Å²) < 4.78 is 0. The van der Waals surface area contributed by atoms with Crippen LogP contribution >= 0.6 is 0 Å². The van der Waals surface area contributed by atoms with Gasteiger partial charge in [0.15, 0.2) is 0 Å². The summed E-state index contributed by atoms with van der Waals surface area (Å²) in [6, 6.07) is 0. The molecule has 0 N–H and O–H groups in total. The first-order chi connectivity index (χ1) is 3.39. The van der Waals surface area contributed by atoms with Crippen LogP contribution in [0.3, 0.4) is 0 Å². The van der Waals surface area contributed by atoms with Crippen molar-refractivity contribution in [2.45, 2.75) is 32.0 Å². The molecule has 0 saturated carbocycles. The molecule has 0 aliphatic carbocycles. The smallest absolute Gasteiger partial charge is 0 e. The quantitative estimate of drug-likeness (QED) is 0.469. The van der Waals surface area contributed by atoms with Crippen LogP contribution in [0.25, 0.3) is 0 Å². The van der Waals surface area contributed by atoms with Crippen LogP contribution < -0.4 is 0 Å². The SMILES string of the molecule is CC1[B][CH-]CCC1.[U]. The summed E-state index contributed by atoms with van der Waals surface area (Å²) in [5.74, 6) is 0.855. The maximum absolute atomic E-state index is 2.31. The normalized spacial score (nSPS) is 27.9. The van der Waals surface area contributed by atoms with Crippen molar-refractivity contribution in [2.24, 2.45) is 0 Å². The average Bonchev–Trinajstić information content (AvgIpc) is 1.69. The largest absolute Gasteiger partial charge is 0.358 e. The molecule has 1 saturated heterocycles. The van der Waals surface area contributed by atoms with Crippen LogP contribution in [0.15, 0.2) is 0 Å². The van der Waals surface area contributed by atoms with E-state index in [0.717, 1.165) is 5.82 Å². The minimum Gasteiger partial charge on any atom is -0.358 e. The van der Waals surface area contributed by atoms with E-state index in [2.05, 4.69) is 20.5 Å². The third-order valence-electron chi connectivity index (χ3n) is 1.49. The maximum Gasteiger partial charge on any atom is 0 e. The standard InChI is InChI=1S/C6H11B.U/c1-6-4-2-3-5-7-6;/h5-6H,2-4H2,1H3;/q-1;. The second kappa shape index (κ2) is 4.95. The zero-order valence-corrected chi connectivity index (χ0v) is 9.52. The van der Waals surface area contributed by atoms with Gasteiger partial charge in [-0.05, 0) is 0 Å². The van der Waals surface area contributed by atoms with E-state index in [4.69, 9.17) is 0 Å². The van der Waals surface area contributed by atoms with Gasteiger partial charge in [0.25, 0.3) is 0 Å². The Morgan fingerprint density at radius 3 is 2.62 bits per heavy atom. The van der Waals surface area contributed by atoms with Gasteiger partial charge in [0.2, 0.25) is 0 Å². The van der Waals surface area contributed by atoms with Gasteiger partial charge >= 0.3 is 0 Å². The monoisotopic (exact) mass is 332 g/mol. The first kappa shape index (κ1) is 9.12. The van der Waals surface area contributed by atoms with Gasteiger partial charge in [-0.3, -0.25) is 0 Å². The molecule has 0 amide bonds. The Hall–Kier alpha value is 1.12. The first-order valence-corrected chi connectivity index (χ1v) is 3.06. The number of hydrogen-bond donors (Lipinski definition) is 0. The molecule has 1 rings (SSSR count). The van der Waals surface area contributed by atoms with E-state index in [1.165, 1.54) is 19.3 Å². The summed E-state index contributed by atoms with van der Waals surface area (Å²) in [6.07, 6.45) is 6.40. The van der Waals surface area contributed by atoms with Crippen molar-refractivity contribution in [2.75, 3.05) is 0 Å². The summed E-state index contributed by atoms with van der Waals surface area (Å²) in [7, 11) is 2.31. The second-order valence-electron chi connectivity index (χ2n) is 2.34. The van der Waals surface area contributed by atoms with E-state index >= 15 is 0 Å². The Morgan fingerprint density at radius 1 is 1.62 bits per heavy atom. The van der Waals surface area contributed by atoms with Crippen molar-refractivity contribution in [3.8, 4) is 0 Å². The predicted octanol–water partition coefficient (Wildman–Crippen LogP) is 1.84. The van der Waals surface area contributed by atoms with Crippen LogP contribution in [-0.2, 0) is 0 Å². The van der Waals surface area contributed by atoms with Gasteiger partial charge in [0.1, 0.15) is 0 Å². The molecule has 8 heavy (non-hydrogen) atoms. The van der Waals surface area contributed by atoms with Gasteiger partial charge in [-0.2, -0.15) is 6.42 Å². The number of rotatable bonds is 0. The summed E-state index contributed by atoms with van der Waals surface area (Å²) in [5.41, 5.74) is 0. The van der Waals surface area contributed by atoms with E-state index in [0.29, 0.717) is 0 Å². The van der Waals surface area contributed by atoms with E-state index in [-0.39, 0.29) is 31.1 Å². The van der Waals surface area contributed by atoms with Crippen molar-refractivity contribution < 1.29 is 31.1 Å². The second-order valence-corrected chi connectivity index (χ2v) is 2.34. The molecule has 0 aromatic carbocycles. The summed E-state index contributed by atoms with van der Waals surface area (Å²) in [4.78, 5) is 0. The van der Waals surface area contributed by atoms with Crippen LogP contribution in [0.2, 0.25) is 5.82 Å². The van der Waals surface area contributed by atoms with Crippen LogP contribution in [0.1, 0.15) is 26.2 Å². The molecule has 0 bridgehead atoms. The van der Waals surface area contributed by atoms with Crippen molar-refractivity contribution in [1.82, 2.24) is 0 Å². The van der Waals surface area contributed by atoms with Crippen LogP contribution in [-0.4, -0.2) is 7.28 Å². The zero-order valence-electron chi connectivity index (χ0n) is 5.35. The van der Waals surface area contributed by atoms with Gasteiger partial charge in [-0.15, -0.1) is 5.82 Å². The molecule has 1 unspecified atom stereocenters. The molecule has 1 atom stereocenters. The Morgan fingerprint density at radius 2 is 2.38 bits per heavy atom. The molecular formula is C6H11BU-. The van der Waals surface area contributed by atoms with Crippen molar-refractivity contribution in [3.63, 3.8) is 0 Å². The van der Waals surface area contributed by atoms with Crippen LogP contribution in [0, 0.1) is 37.4 Å². The fourth-order valence-electron chi connectivity index (χ4n) is 0.982. The Balaban J connectivity index is 0.000000490. The molecule has 1 aliphatic heterocycles. The van der Waals surface area contributed by atoms with Crippen LogP contribution in [0.4, 0.5) is 0 Å². The Bertz CT molecular complexity index is 50.5. The molecule has 0 nitrogen and oxygen atoms in total. The van der Waals surface area contributed by atoms with Gasteiger partial charge in [-0.1, -0.05) is 27.0 Å². The topological polar surface area (TPSA) is 0 Å². The summed E-state index contributed by atoms with van der Waals surface area (Å²) >= 11 is 0. The fraction of sp³-hybridized carbons (Fsp3) is 0.833. The van der Waals surface area contributed by atoms with Crippen molar-refractivity contribution >= 4 is 7.28 Å². The van der Waals surface area contributed by atoms with E-state index in [1.807, 2.05) is 0 Å². The zero-order chi connectivity index (χ0) is 5.11. The molecule has 43 valence electrons. The minimum atomic E-state index is 0. The maximum atomic E-state index is 2.31. The molecule has 1 fully saturated rings. The van der Waals surface area contributed by atoms with E-state index < -0.39 is 0 Å². The van der Waals surface area contributed by atoms with E-state index in [1.54, 1.807) is 0 Å². The molecule has 0 aromatic heterocycles. The first-order valence-electron chi connectivity index (χ1n) is 3.06. The van der Waals surface area contributed by atoms with Gasteiger partial charge < -0.3 is 6.32 Å². The van der Waals surface area contributed by atoms with Gasteiger partial charge in [-0.25, -0.2) is 0 Å². The third-order valence-corrected chi connectivity index (χ3v) is 1.49. The number of hydrogen-bond acceptors (Lipinski definition) is 0. The minimum absolute atomic E-state index is 0. The van der Waals surface area contributed by atoms with Crippen molar-refractivity contribution in [3.05, 3.63) is 6.32 Å². The van der Waals surface area contributed by atoms with Gasteiger partial charge in [0, 0.05) is 31.1 Å². The van der Waals surface area contributed by atoms with Crippen molar-refractivity contribution in [1.29, 1.82) is 0 Å². The van der Waals surface area contributed by atoms with E-state index in [9.17, 15) is 0 Å². The Labute approximate surface area is 76.4 Å². The molecule has 1 aliphatic rings. The summed E-state index contributed by atoms with van der Waals surface area (Å²) in [5, 5.41) is 0.